The van der Waals surface area contributed by atoms with Crippen LogP contribution in [-0.4, -0.2) is 109 Å². The number of hydrogen-bond acceptors (Lipinski definition) is 10. The molecular formula is C26H42N4O7. The number of rotatable bonds is 9. The van der Waals surface area contributed by atoms with Crippen molar-refractivity contribution < 1.29 is 33.6 Å². The highest BCUT2D eigenvalue weighted by molar-refractivity contribution is 5.79. The Labute approximate surface area is 219 Å². The lowest BCUT2D eigenvalue weighted by Gasteiger charge is -2.35. The molecule has 11 heteroatoms. The van der Waals surface area contributed by atoms with Crippen molar-refractivity contribution in [1.82, 2.24) is 15.1 Å². The second-order valence-electron chi connectivity index (χ2n) is 11.3. The molecule has 0 bridgehead atoms. The maximum absolute atomic E-state index is 13.0. The standard InChI is InChI=1S/C26H42N4O7/c1-5-6-22(32)34-15-18-16(2)13-30(19(18)11-27)21(31)12-28-17-7-9-29(10-8-17)14-20-23(33)24-25(35-20)37-26(3,4)36-24/h16-20,23-25,28,33H,5-10,12-15H2,1-4H3/t16?,18?,19-,20-,23+,24-,25-/m1/s1. The van der Waals surface area contributed by atoms with Gasteiger partial charge in [-0.15, -0.1) is 0 Å². The van der Waals surface area contributed by atoms with Crippen LogP contribution in [0, 0.1) is 23.2 Å². The molecule has 7 atom stereocenters. The molecule has 0 saturated carbocycles. The third-order valence-electron chi connectivity index (χ3n) is 7.98. The summed E-state index contributed by atoms with van der Waals surface area (Å²) in [4.78, 5) is 28.6. The summed E-state index contributed by atoms with van der Waals surface area (Å²) in [7, 11) is 0. The number of likely N-dealkylation sites (tertiary alicyclic amines) is 2. The van der Waals surface area contributed by atoms with Gasteiger partial charge in [0.1, 0.15) is 24.4 Å². The van der Waals surface area contributed by atoms with Gasteiger partial charge in [-0.3, -0.25) is 9.59 Å². The Morgan fingerprint density at radius 2 is 1.97 bits per heavy atom. The average Bonchev–Trinajstić information content (AvgIpc) is 3.44. The number of esters is 1. The quantitative estimate of drug-likeness (QED) is 0.415. The number of fused-ring (bicyclic) bond motifs is 1. The second-order valence-corrected chi connectivity index (χ2v) is 11.3. The minimum Gasteiger partial charge on any atom is -0.465 e. The molecule has 11 nitrogen and oxygen atoms in total. The van der Waals surface area contributed by atoms with Crippen molar-refractivity contribution in [3.63, 3.8) is 0 Å². The summed E-state index contributed by atoms with van der Waals surface area (Å²) < 4.78 is 22.8. The third kappa shape index (κ3) is 6.61. The molecule has 4 aliphatic rings. The Bertz CT molecular complexity index is 856. The number of carbonyl (C=O) groups excluding carboxylic acids is 2. The zero-order valence-electron chi connectivity index (χ0n) is 22.4. The molecule has 37 heavy (non-hydrogen) atoms. The van der Waals surface area contributed by atoms with Gasteiger partial charge in [0.2, 0.25) is 5.91 Å². The van der Waals surface area contributed by atoms with Gasteiger partial charge in [0.05, 0.1) is 19.2 Å². The second kappa shape index (κ2) is 11.9. The fourth-order valence-corrected chi connectivity index (χ4v) is 5.86. The molecular weight excluding hydrogens is 480 g/mol. The lowest BCUT2D eigenvalue weighted by Crippen LogP contribution is -2.50. The van der Waals surface area contributed by atoms with Crippen LogP contribution in [0.1, 0.15) is 53.4 Å². The van der Waals surface area contributed by atoms with E-state index in [1.807, 2.05) is 27.7 Å². The third-order valence-corrected chi connectivity index (χ3v) is 7.98. The summed E-state index contributed by atoms with van der Waals surface area (Å²) >= 11 is 0. The van der Waals surface area contributed by atoms with Gasteiger partial charge in [-0.05, 0) is 52.1 Å². The number of amides is 1. The summed E-state index contributed by atoms with van der Waals surface area (Å²) in [5.74, 6) is -1.19. The van der Waals surface area contributed by atoms with Crippen molar-refractivity contribution in [3.05, 3.63) is 0 Å². The molecule has 0 aromatic heterocycles. The molecule has 2 N–H and O–H groups in total. The first-order valence-electron chi connectivity index (χ1n) is 13.6. The fraction of sp³-hybridized carbons (Fsp3) is 0.885. The normalized spacial score (nSPS) is 35.9. The number of carbonyl (C=O) groups is 2. The largest absolute Gasteiger partial charge is 0.465 e. The summed E-state index contributed by atoms with van der Waals surface area (Å²) in [6, 6.07) is 1.88. The minimum atomic E-state index is -0.745. The Morgan fingerprint density at radius 1 is 1.24 bits per heavy atom. The average molecular weight is 523 g/mol. The van der Waals surface area contributed by atoms with Crippen LogP contribution >= 0.6 is 0 Å². The number of hydrogen-bond donors (Lipinski definition) is 2. The van der Waals surface area contributed by atoms with E-state index >= 15 is 0 Å². The zero-order valence-corrected chi connectivity index (χ0v) is 22.4. The molecule has 0 aliphatic carbocycles. The van der Waals surface area contributed by atoms with E-state index in [1.165, 1.54) is 0 Å². The highest BCUT2D eigenvalue weighted by Gasteiger charge is 2.54. The predicted octanol–water partition coefficient (Wildman–Crippen LogP) is 0.608. The van der Waals surface area contributed by atoms with Crippen LogP contribution in [0.2, 0.25) is 0 Å². The topological polar surface area (TPSA) is 134 Å². The Balaban J connectivity index is 1.18. The number of ether oxygens (including phenoxy) is 4. The SMILES string of the molecule is CCCC(=O)OCC1C(C)CN(C(=O)CNC2CCN(C[C@H]3O[C@@H]4OC(C)(C)O[C@@H]4[C@H]3O)CC2)[C@@H]1C#N. The van der Waals surface area contributed by atoms with Crippen molar-refractivity contribution >= 4 is 11.9 Å². The molecule has 0 aromatic carbocycles. The molecule has 4 fully saturated rings. The van der Waals surface area contributed by atoms with Crippen LogP contribution in [0.25, 0.3) is 0 Å². The van der Waals surface area contributed by atoms with Gasteiger partial charge in [-0.2, -0.15) is 5.26 Å². The van der Waals surface area contributed by atoms with E-state index in [-0.39, 0.29) is 49.0 Å². The van der Waals surface area contributed by atoms with Gasteiger partial charge in [0.15, 0.2) is 12.1 Å². The molecule has 4 saturated heterocycles. The Morgan fingerprint density at radius 3 is 2.62 bits per heavy atom. The van der Waals surface area contributed by atoms with Crippen LogP contribution < -0.4 is 5.32 Å². The van der Waals surface area contributed by atoms with Gasteiger partial charge >= 0.3 is 5.97 Å². The molecule has 4 rings (SSSR count). The summed E-state index contributed by atoms with van der Waals surface area (Å²) in [6.07, 6.45) is 0.748. The van der Waals surface area contributed by atoms with Crippen LogP contribution in [0.3, 0.4) is 0 Å². The van der Waals surface area contributed by atoms with Crippen LogP contribution in [-0.2, 0) is 28.5 Å². The van der Waals surface area contributed by atoms with Crippen LogP contribution in [0.4, 0.5) is 0 Å². The zero-order chi connectivity index (χ0) is 26.7. The molecule has 4 heterocycles. The molecule has 2 unspecified atom stereocenters. The minimum absolute atomic E-state index is 0.0841. The molecule has 0 radical (unpaired) electrons. The number of nitriles is 1. The maximum atomic E-state index is 13.0. The highest BCUT2D eigenvalue weighted by atomic mass is 16.8. The lowest BCUT2D eigenvalue weighted by molar-refractivity contribution is -0.216. The number of nitrogens with one attached hydrogen (secondary N) is 1. The summed E-state index contributed by atoms with van der Waals surface area (Å²) in [5.41, 5.74) is 0. The number of piperidine rings is 1. The molecule has 1 amide bonds. The number of nitrogens with zero attached hydrogens (tertiary/aromatic N) is 3. The molecule has 4 aliphatic heterocycles. The first kappa shape index (κ1) is 28.2. The van der Waals surface area contributed by atoms with Crippen molar-refractivity contribution in [1.29, 1.82) is 5.26 Å². The maximum Gasteiger partial charge on any atom is 0.305 e. The summed E-state index contributed by atoms with van der Waals surface area (Å²) in [5, 5.41) is 23.7. The van der Waals surface area contributed by atoms with Gasteiger partial charge < -0.3 is 39.2 Å². The smallest absolute Gasteiger partial charge is 0.305 e. The lowest BCUT2D eigenvalue weighted by atomic mass is 9.93. The van der Waals surface area contributed by atoms with Gasteiger partial charge in [0.25, 0.3) is 0 Å². The van der Waals surface area contributed by atoms with Crippen molar-refractivity contribution in [2.24, 2.45) is 11.8 Å². The number of aliphatic hydroxyl groups is 1. The molecule has 0 aromatic rings. The monoisotopic (exact) mass is 522 g/mol. The van der Waals surface area contributed by atoms with Crippen LogP contribution in [0.15, 0.2) is 0 Å². The van der Waals surface area contributed by atoms with E-state index in [0.717, 1.165) is 32.4 Å². The Hall–Kier alpha value is -1.81. The number of aliphatic hydroxyl groups excluding tert-OH is 1. The van der Waals surface area contributed by atoms with Crippen molar-refractivity contribution in [2.75, 3.05) is 39.3 Å². The van der Waals surface area contributed by atoms with Gasteiger partial charge in [0, 0.05) is 31.5 Å². The van der Waals surface area contributed by atoms with Gasteiger partial charge in [-0.25, -0.2) is 0 Å². The Kier molecular flexibility index (Phi) is 9.09. The van der Waals surface area contributed by atoms with E-state index in [2.05, 4.69) is 16.3 Å². The van der Waals surface area contributed by atoms with Crippen LogP contribution in [0.5, 0.6) is 0 Å². The van der Waals surface area contributed by atoms with E-state index < -0.39 is 30.3 Å². The van der Waals surface area contributed by atoms with Crippen molar-refractivity contribution in [2.45, 2.75) is 95.9 Å². The first-order valence-corrected chi connectivity index (χ1v) is 13.6. The highest BCUT2D eigenvalue weighted by Crippen LogP contribution is 2.37. The first-order chi connectivity index (χ1) is 17.6. The summed E-state index contributed by atoms with van der Waals surface area (Å²) in [6.45, 7) is 10.6. The van der Waals surface area contributed by atoms with E-state index in [4.69, 9.17) is 18.9 Å². The fourth-order valence-electron chi connectivity index (χ4n) is 5.86. The van der Waals surface area contributed by atoms with E-state index in [1.54, 1.807) is 4.90 Å². The molecule has 208 valence electrons. The van der Waals surface area contributed by atoms with E-state index in [0.29, 0.717) is 19.5 Å². The molecule has 0 spiro atoms. The van der Waals surface area contributed by atoms with Gasteiger partial charge in [-0.1, -0.05) is 13.8 Å². The van der Waals surface area contributed by atoms with Crippen molar-refractivity contribution in [3.8, 4) is 6.07 Å². The van der Waals surface area contributed by atoms with E-state index in [9.17, 15) is 20.0 Å². The predicted molar refractivity (Wildman–Crippen MR) is 132 cm³/mol.